The second-order valence-corrected chi connectivity index (χ2v) is 9.40. The smallest absolute Gasteiger partial charge is 0.149 e. The number of hydrogen-bond donors (Lipinski definition) is 1. The number of carbonyl (C=O) groups is 1. The minimum absolute atomic E-state index is 0.0950. The van der Waals surface area contributed by atoms with Crippen LogP contribution in [0.4, 0.5) is 0 Å². The Morgan fingerprint density at radius 3 is 2.42 bits per heavy atom. The van der Waals surface area contributed by atoms with Gasteiger partial charge in [0.1, 0.15) is 5.78 Å². The Morgan fingerprint density at radius 2 is 1.65 bits per heavy atom. The van der Waals surface area contributed by atoms with Crippen LogP contribution in [-0.2, 0) is 4.79 Å². The monoisotopic (exact) mass is 363 g/mol. The van der Waals surface area contributed by atoms with E-state index in [0.717, 1.165) is 37.1 Å². The van der Waals surface area contributed by atoms with Crippen molar-refractivity contribution in [2.75, 3.05) is 13.1 Å². The molecule has 148 valence electrons. The standard InChI is InChI=1S/C21H35N2O3/c24-21(16-7-10-17(11-8-16)23(25)26)14-22-13-3-6-19-18-5-2-1-4-15(18)9-12-20(19)22/h15-20,25H,1-14H2/q-1. The summed E-state index contributed by atoms with van der Waals surface area (Å²) >= 11 is 0. The van der Waals surface area contributed by atoms with Crippen LogP contribution < -0.4 is 0 Å². The first-order chi connectivity index (χ1) is 12.6. The SMILES string of the molecule is O=C(CN1CCCC2C3CCCCC3CCC21)C1CCC(N([O-])O)CC1. The first kappa shape index (κ1) is 18.9. The van der Waals surface area contributed by atoms with Crippen LogP contribution in [0.1, 0.15) is 77.0 Å². The van der Waals surface area contributed by atoms with E-state index in [1.807, 2.05) is 0 Å². The number of piperidine rings is 1. The predicted octanol–water partition coefficient (Wildman–Crippen LogP) is 3.98. The maximum atomic E-state index is 12.9. The largest absolute Gasteiger partial charge is 0.762 e. The Labute approximate surface area is 157 Å². The molecule has 0 aromatic carbocycles. The zero-order chi connectivity index (χ0) is 18.1. The van der Waals surface area contributed by atoms with E-state index in [4.69, 9.17) is 5.21 Å². The third kappa shape index (κ3) is 3.87. The summed E-state index contributed by atoms with van der Waals surface area (Å²) in [5, 5.41) is 20.2. The number of hydroxylamine groups is 2. The first-order valence-corrected chi connectivity index (χ1v) is 11.1. The second kappa shape index (κ2) is 8.26. The highest BCUT2D eigenvalue weighted by Gasteiger charge is 2.44. The van der Waals surface area contributed by atoms with Crippen molar-refractivity contribution in [3.8, 4) is 0 Å². The molecule has 0 radical (unpaired) electrons. The molecule has 4 atom stereocenters. The van der Waals surface area contributed by atoms with Gasteiger partial charge in [-0.1, -0.05) is 19.3 Å². The number of carbonyl (C=O) groups excluding carboxylic acids is 1. The fourth-order valence-electron chi connectivity index (χ4n) is 6.74. The zero-order valence-corrected chi connectivity index (χ0v) is 16.0. The lowest BCUT2D eigenvalue weighted by atomic mass is 9.61. The third-order valence-electron chi connectivity index (χ3n) is 8.12. The van der Waals surface area contributed by atoms with Gasteiger partial charge in [0.15, 0.2) is 0 Å². The fraction of sp³-hybridized carbons (Fsp3) is 0.952. The van der Waals surface area contributed by atoms with Gasteiger partial charge in [-0.15, -0.1) is 0 Å². The summed E-state index contributed by atoms with van der Waals surface area (Å²) in [6.07, 6.45) is 13.8. The molecule has 4 rings (SSSR count). The molecule has 3 aliphatic carbocycles. The van der Waals surface area contributed by atoms with Gasteiger partial charge in [0.25, 0.3) is 0 Å². The van der Waals surface area contributed by atoms with Crippen molar-refractivity contribution in [2.45, 2.75) is 89.1 Å². The topological polar surface area (TPSA) is 66.8 Å². The van der Waals surface area contributed by atoms with Crippen LogP contribution in [0.2, 0.25) is 0 Å². The van der Waals surface area contributed by atoms with Crippen LogP contribution in [0.5, 0.6) is 0 Å². The van der Waals surface area contributed by atoms with Crippen molar-refractivity contribution in [1.82, 2.24) is 10.1 Å². The van der Waals surface area contributed by atoms with E-state index in [9.17, 15) is 10.0 Å². The minimum atomic E-state index is -0.306. The van der Waals surface area contributed by atoms with E-state index in [1.54, 1.807) is 0 Å². The second-order valence-electron chi connectivity index (χ2n) is 9.40. The average molecular weight is 364 g/mol. The summed E-state index contributed by atoms with van der Waals surface area (Å²) < 4.78 is 0. The van der Waals surface area contributed by atoms with E-state index >= 15 is 0 Å². The molecule has 5 heteroatoms. The van der Waals surface area contributed by atoms with Crippen molar-refractivity contribution >= 4 is 5.78 Å². The lowest BCUT2D eigenvalue weighted by Gasteiger charge is -2.52. The molecule has 0 spiro atoms. The molecule has 0 bridgehead atoms. The fourth-order valence-corrected chi connectivity index (χ4v) is 6.74. The molecule has 4 unspecified atom stereocenters. The first-order valence-electron chi connectivity index (χ1n) is 11.1. The van der Waals surface area contributed by atoms with Crippen molar-refractivity contribution < 1.29 is 10.0 Å². The van der Waals surface area contributed by atoms with Gasteiger partial charge >= 0.3 is 0 Å². The third-order valence-corrected chi connectivity index (χ3v) is 8.12. The van der Waals surface area contributed by atoms with Gasteiger partial charge in [-0.2, -0.15) is 0 Å². The van der Waals surface area contributed by atoms with Gasteiger partial charge in [0.05, 0.1) is 6.54 Å². The Hall–Kier alpha value is -0.490. The number of fused-ring (bicyclic) bond motifs is 3. The lowest BCUT2D eigenvalue weighted by molar-refractivity contribution is -0.130. The molecule has 5 nitrogen and oxygen atoms in total. The van der Waals surface area contributed by atoms with Gasteiger partial charge < -0.3 is 10.4 Å². The molecule has 4 aliphatic rings. The predicted molar refractivity (Wildman–Crippen MR) is 101 cm³/mol. The van der Waals surface area contributed by atoms with Gasteiger partial charge in [-0.3, -0.25) is 14.9 Å². The molecule has 1 saturated heterocycles. The summed E-state index contributed by atoms with van der Waals surface area (Å²) in [6, 6.07) is 0.331. The Morgan fingerprint density at radius 1 is 0.923 bits per heavy atom. The molecular weight excluding hydrogens is 328 g/mol. The molecule has 0 aromatic heterocycles. The molecule has 26 heavy (non-hydrogen) atoms. The number of Topliss-reactive ketones (excluding diaryl/α,β-unsaturated/α-hetero) is 1. The summed E-state index contributed by atoms with van der Waals surface area (Å²) in [4.78, 5) is 15.4. The van der Waals surface area contributed by atoms with Crippen LogP contribution in [0.15, 0.2) is 0 Å². The lowest BCUT2D eigenvalue weighted by Crippen LogP contribution is -2.54. The van der Waals surface area contributed by atoms with E-state index in [-0.39, 0.29) is 17.2 Å². The van der Waals surface area contributed by atoms with Crippen LogP contribution in [0, 0.1) is 28.9 Å². The number of nitrogens with zero attached hydrogens (tertiary/aromatic N) is 2. The van der Waals surface area contributed by atoms with Crippen LogP contribution >= 0.6 is 0 Å². The van der Waals surface area contributed by atoms with Crippen molar-refractivity contribution in [3.63, 3.8) is 0 Å². The van der Waals surface area contributed by atoms with Crippen LogP contribution in [0.25, 0.3) is 0 Å². The van der Waals surface area contributed by atoms with Gasteiger partial charge in [0.2, 0.25) is 0 Å². The van der Waals surface area contributed by atoms with Gasteiger partial charge in [0, 0.05) is 18.0 Å². The van der Waals surface area contributed by atoms with Crippen molar-refractivity contribution in [3.05, 3.63) is 5.21 Å². The minimum Gasteiger partial charge on any atom is -0.762 e. The molecule has 4 fully saturated rings. The zero-order valence-electron chi connectivity index (χ0n) is 16.0. The van der Waals surface area contributed by atoms with E-state index in [1.165, 1.54) is 51.4 Å². The van der Waals surface area contributed by atoms with Crippen molar-refractivity contribution in [1.29, 1.82) is 0 Å². The molecule has 1 N–H and O–H groups in total. The van der Waals surface area contributed by atoms with Crippen LogP contribution in [0.3, 0.4) is 0 Å². The molecule has 3 saturated carbocycles. The average Bonchev–Trinajstić information content (AvgIpc) is 2.68. The van der Waals surface area contributed by atoms with Gasteiger partial charge in [-0.25, -0.2) is 0 Å². The van der Waals surface area contributed by atoms with Crippen LogP contribution in [-0.4, -0.2) is 46.3 Å². The Kier molecular flexibility index (Phi) is 5.99. The maximum Gasteiger partial charge on any atom is 0.149 e. The maximum absolute atomic E-state index is 12.9. The number of rotatable bonds is 4. The van der Waals surface area contributed by atoms with Gasteiger partial charge in [-0.05, 0) is 82.1 Å². The Bertz CT molecular complexity index is 490. The highest BCUT2D eigenvalue weighted by Crippen LogP contribution is 2.48. The van der Waals surface area contributed by atoms with E-state index in [2.05, 4.69) is 4.90 Å². The summed E-state index contributed by atoms with van der Waals surface area (Å²) in [5.41, 5.74) is 0. The number of ketones is 1. The highest BCUT2D eigenvalue weighted by atomic mass is 16.8. The molecule has 0 amide bonds. The molecule has 0 aromatic rings. The van der Waals surface area contributed by atoms with E-state index < -0.39 is 0 Å². The van der Waals surface area contributed by atoms with E-state index in [0.29, 0.717) is 31.2 Å². The molecule has 1 aliphatic heterocycles. The normalized spacial score (nSPS) is 41.5. The Balaban J connectivity index is 1.34. The van der Waals surface area contributed by atoms with Crippen molar-refractivity contribution in [2.24, 2.45) is 23.7 Å². The highest BCUT2D eigenvalue weighted by molar-refractivity contribution is 5.83. The molecule has 1 heterocycles. The summed E-state index contributed by atoms with van der Waals surface area (Å²) in [5.74, 6) is 3.19. The number of likely N-dealkylation sites (tertiary alicyclic amines) is 1. The summed E-state index contributed by atoms with van der Waals surface area (Å²) in [7, 11) is 0. The summed E-state index contributed by atoms with van der Waals surface area (Å²) in [6.45, 7) is 1.71. The quantitative estimate of drug-likeness (QED) is 0.765. The number of hydrogen-bond acceptors (Lipinski definition) is 5. The molecular formula is C21H35N2O3-.